The number of aliphatic hydroxyl groups excluding tert-OH is 1. The topological polar surface area (TPSA) is 195 Å². The largest absolute Gasteiger partial charge is 0.392 e. The maximum absolute atomic E-state index is 13.6. The Morgan fingerprint density at radius 3 is 2.43 bits per heavy atom. The molecule has 7 rings (SSSR count). The van der Waals surface area contributed by atoms with Gasteiger partial charge in [-0.1, -0.05) is 80.9 Å². The van der Waals surface area contributed by atoms with Gasteiger partial charge in [0.1, 0.15) is 6.29 Å². The van der Waals surface area contributed by atoms with E-state index in [1.54, 1.807) is 17.4 Å². The zero-order chi connectivity index (χ0) is 47.5. The molecule has 6 aromatic rings. The zero-order valence-electron chi connectivity index (χ0n) is 38.3. The molecule has 3 aromatic carbocycles. The fourth-order valence-electron chi connectivity index (χ4n) is 8.32. The number of aldehydes is 1. The lowest BCUT2D eigenvalue weighted by molar-refractivity contribution is -0.128. The van der Waals surface area contributed by atoms with Gasteiger partial charge in [-0.2, -0.15) is 0 Å². The summed E-state index contributed by atoms with van der Waals surface area (Å²) < 4.78 is 0.993. The average molecular weight is 943 g/mol. The minimum Gasteiger partial charge on any atom is -0.392 e. The van der Waals surface area contributed by atoms with Crippen molar-refractivity contribution in [3.05, 3.63) is 124 Å². The number of anilines is 3. The summed E-state index contributed by atoms with van der Waals surface area (Å²) in [6.45, 7) is 9.10. The molecule has 14 nitrogen and oxygen atoms in total. The molecule has 4 amide bonds. The smallest absolute Gasteiger partial charge is 0.257 e. The lowest BCUT2D eigenvalue weighted by atomic mass is 9.84. The number of nitrogens with zero attached hydrogens (tertiary/aromatic N) is 3. The van der Waals surface area contributed by atoms with Gasteiger partial charge in [-0.3, -0.25) is 24.1 Å². The first-order valence-electron chi connectivity index (χ1n) is 22.6. The van der Waals surface area contributed by atoms with Crippen molar-refractivity contribution >= 4 is 79.9 Å². The molecule has 6 N–H and O–H groups in total. The molecule has 1 aliphatic rings. The molecule has 1 saturated heterocycles. The van der Waals surface area contributed by atoms with Crippen LogP contribution >= 0.6 is 22.7 Å². The lowest BCUT2D eigenvalue weighted by Crippen LogP contribution is -2.54. The molecular formula is C51H58N8O6S2. The molecule has 350 valence electrons. The van der Waals surface area contributed by atoms with Gasteiger partial charge in [0.2, 0.25) is 11.8 Å². The Labute approximate surface area is 399 Å². The summed E-state index contributed by atoms with van der Waals surface area (Å²) in [4.78, 5) is 77.7. The second-order valence-electron chi connectivity index (χ2n) is 17.7. The number of hydrogen-bond acceptors (Lipinski definition) is 12. The summed E-state index contributed by atoms with van der Waals surface area (Å²) >= 11 is 3.09. The maximum Gasteiger partial charge on any atom is 0.257 e. The second kappa shape index (κ2) is 22.4. The zero-order valence-corrected chi connectivity index (χ0v) is 39.9. The SMILES string of the molecule is Cc1ccccc1Nc1ncc(C(=O)NCCCCCC(=O)N[C@H](C=O)C(C)(C)CN2C[C@H](O)C[C@H]2C(=O)NCCc2ccc(-c3scnc3C)cc2)cc1NC(=O)c1csc2ccccc12. The van der Waals surface area contributed by atoms with Gasteiger partial charge in [-0.25, -0.2) is 9.97 Å². The minimum atomic E-state index is -0.816. The van der Waals surface area contributed by atoms with Gasteiger partial charge in [0.15, 0.2) is 5.82 Å². The molecule has 16 heteroatoms. The number of carbonyl (C=O) groups excluding carboxylic acids is 5. The molecule has 0 spiro atoms. The molecular weight excluding hydrogens is 885 g/mol. The van der Waals surface area contributed by atoms with Crippen molar-refractivity contribution in [3.63, 3.8) is 0 Å². The van der Waals surface area contributed by atoms with E-state index >= 15 is 0 Å². The molecule has 0 radical (unpaired) electrons. The highest BCUT2D eigenvalue weighted by Crippen LogP contribution is 2.31. The maximum atomic E-state index is 13.6. The van der Waals surface area contributed by atoms with Crippen molar-refractivity contribution in [3.8, 4) is 10.4 Å². The molecule has 3 aromatic heterocycles. The number of amides is 4. The first-order chi connectivity index (χ1) is 32.3. The number of β-amino-alcohol motifs (C(OH)–C–C–N with tert-alkyl or cyclic N) is 1. The van der Waals surface area contributed by atoms with E-state index in [0.29, 0.717) is 62.4 Å². The van der Waals surface area contributed by atoms with Crippen LogP contribution in [0.25, 0.3) is 20.5 Å². The summed E-state index contributed by atoms with van der Waals surface area (Å²) in [5.74, 6) is -0.717. The number of hydrogen-bond donors (Lipinski definition) is 6. The van der Waals surface area contributed by atoms with Crippen LogP contribution in [0.5, 0.6) is 0 Å². The summed E-state index contributed by atoms with van der Waals surface area (Å²) in [5.41, 5.74) is 7.27. The molecule has 67 heavy (non-hydrogen) atoms. The number of aliphatic hydroxyl groups is 1. The summed E-state index contributed by atoms with van der Waals surface area (Å²) in [6, 6.07) is 23.9. The van der Waals surface area contributed by atoms with Crippen LogP contribution in [0.15, 0.2) is 96.0 Å². The highest BCUT2D eigenvalue weighted by Gasteiger charge is 2.41. The number of rotatable bonds is 21. The molecule has 0 unspecified atom stereocenters. The number of carbonyl (C=O) groups is 5. The second-order valence-corrected chi connectivity index (χ2v) is 19.5. The van der Waals surface area contributed by atoms with E-state index in [4.69, 9.17) is 0 Å². The fraction of sp³-hybridized carbons (Fsp3) is 0.353. The predicted octanol–water partition coefficient (Wildman–Crippen LogP) is 7.83. The van der Waals surface area contributed by atoms with Crippen LogP contribution in [0.4, 0.5) is 17.2 Å². The van der Waals surface area contributed by atoms with Gasteiger partial charge in [0, 0.05) is 65.4 Å². The summed E-state index contributed by atoms with van der Waals surface area (Å²) in [6.07, 6.45) is 4.44. The third-order valence-corrected chi connectivity index (χ3v) is 14.1. The Kier molecular flexibility index (Phi) is 16.3. The standard InChI is InChI=1S/C51H58N8O6S2/c1-32-12-7-9-14-40(32)56-47-41(57-49(64)39-29-66-43-15-10-8-13-38(39)43)24-36(26-54-47)48(63)52-22-11-5-6-16-45(62)58-44(28-60)51(3,4)30-59-27-37(61)25-42(59)50(65)53-23-21-34-17-19-35(20-18-34)46-33(2)55-31-67-46/h7-10,12-15,17-20,24,26,28-29,31,37,42,44,61H,5-6,11,16,21-23,25,27,30H2,1-4H3,(H,52,63)(H,53,65)(H,54,56)(H,57,64)(H,58,62)/t37-,42+,44-/m1/s1. The summed E-state index contributed by atoms with van der Waals surface area (Å²) in [7, 11) is 0. The van der Waals surface area contributed by atoms with E-state index < -0.39 is 23.6 Å². The van der Waals surface area contributed by atoms with Crippen LogP contribution in [-0.4, -0.2) is 94.3 Å². The van der Waals surface area contributed by atoms with Gasteiger partial charge in [-0.05, 0) is 74.4 Å². The number of thiazole rings is 1. The number of pyridine rings is 1. The molecule has 0 saturated carbocycles. The Morgan fingerprint density at radius 2 is 1.67 bits per heavy atom. The molecule has 0 bridgehead atoms. The Balaban J connectivity index is 0.851. The third-order valence-electron chi connectivity index (χ3n) is 12.2. The number of thiophene rings is 1. The normalized spacial score (nSPS) is 15.5. The number of para-hydroxylation sites is 1. The minimum absolute atomic E-state index is 0.176. The van der Waals surface area contributed by atoms with E-state index in [1.807, 2.05) is 92.0 Å². The number of nitrogens with one attached hydrogen (secondary N) is 5. The number of aromatic nitrogens is 2. The molecule has 1 fully saturated rings. The van der Waals surface area contributed by atoms with Crippen molar-refractivity contribution in [2.75, 3.05) is 36.8 Å². The van der Waals surface area contributed by atoms with E-state index in [1.165, 1.54) is 17.5 Å². The Hall–Kier alpha value is -6.33. The van der Waals surface area contributed by atoms with Gasteiger partial charge in [-0.15, -0.1) is 22.7 Å². The molecule has 0 aliphatic carbocycles. The van der Waals surface area contributed by atoms with Crippen molar-refractivity contribution < 1.29 is 29.1 Å². The monoisotopic (exact) mass is 942 g/mol. The van der Waals surface area contributed by atoms with Crippen LogP contribution in [0.1, 0.15) is 83.5 Å². The highest BCUT2D eigenvalue weighted by molar-refractivity contribution is 7.17. The predicted molar refractivity (Wildman–Crippen MR) is 266 cm³/mol. The average Bonchev–Trinajstić information content (AvgIpc) is 4.05. The first-order valence-corrected chi connectivity index (χ1v) is 24.4. The van der Waals surface area contributed by atoms with Crippen molar-refractivity contribution in [2.45, 2.75) is 84.4 Å². The number of fused-ring (bicyclic) bond motifs is 1. The van der Waals surface area contributed by atoms with Crippen molar-refractivity contribution in [2.24, 2.45) is 5.41 Å². The highest BCUT2D eigenvalue weighted by atomic mass is 32.1. The fourth-order valence-corrected chi connectivity index (χ4v) is 10.1. The molecule has 4 heterocycles. The van der Waals surface area contributed by atoms with Crippen LogP contribution in [-0.2, 0) is 20.8 Å². The van der Waals surface area contributed by atoms with Crippen LogP contribution in [0.2, 0.25) is 0 Å². The van der Waals surface area contributed by atoms with Crippen molar-refractivity contribution in [1.82, 2.24) is 30.8 Å². The lowest BCUT2D eigenvalue weighted by Gasteiger charge is -2.37. The number of benzene rings is 3. The van der Waals surface area contributed by atoms with Crippen LogP contribution in [0.3, 0.4) is 0 Å². The number of aryl methyl sites for hydroxylation is 2. The summed E-state index contributed by atoms with van der Waals surface area (Å²) in [5, 5.41) is 28.4. The van der Waals surface area contributed by atoms with Crippen LogP contribution in [0, 0.1) is 19.3 Å². The van der Waals surface area contributed by atoms with E-state index in [2.05, 4.69) is 60.8 Å². The van der Waals surface area contributed by atoms with Gasteiger partial charge in [0.25, 0.3) is 11.8 Å². The first kappa shape index (κ1) is 48.6. The number of likely N-dealkylation sites (tertiary alicyclic amines) is 1. The Bertz CT molecular complexity index is 2700. The van der Waals surface area contributed by atoms with Crippen molar-refractivity contribution in [1.29, 1.82) is 0 Å². The van der Waals surface area contributed by atoms with E-state index in [9.17, 15) is 29.1 Å². The van der Waals surface area contributed by atoms with Gasteiger partial charge >= 0.3 is 0 Å². The molecule has 1 aliphatic heterocycles. The van der Waals surface area contributed by atoms with Crippen LogP contribution < -0.4 is 26.6 Å². The van der Waals surface area contributed by atoms with E-state index in [0.717, 1.165) is 49.3 Å². The quantitative estimate of drug-likeness (QED) is 0.0306. The van der Waals surface area contributed by atoms with E-state index in [-0.39, 0.29) is 48.6 Å². The number of unbranched alkanes of at least 4 members (excludes halogenated alkanes) is 2. The van der Waals surface area contributed by atoms with Gasteiger partial charge in [0.05, 0.1) is 51.1 Å². The molecule has 3 atom stereocenters. The van der Waals surface area contributed by atoms with Gasteiger partial charge < -0.3 is 36.5 Å². The Morgan fingerprint density at radius 1 is 0.896 bits per heavy atom. The third kappa shape index (κ3) is 12.6.